The molecule has 0 spiro atoms. The quantitative estimate of drug-likeness (QED) is 0.0966. The maximum absolute atomic E-state index is 14.8. The standard InChI is InChI=1S/C55H94FN5O14S/c1-16-45-55(11,67)48(63)36(7)60(13)28-32(3)25-53(9,66)50(34(5)42(35(6)51(65)74-45)31-71-30-40-26-54(10,70-15)49(64)37(8)73-40)75-52-46(62)43(24-33(4)72-52)59(12)23-22-39-29-61(58-57-39)44(27-56)47(69-14)38-18-20-41(21-19-38)76(68)17-2/h18-21,29,32-37,40,42-50,52,62-64,66-67H,16-17,22-28,30-31H2,1-15H3/t32-,33-,34+,35-,36-,37+,40-,42+,43+,44-,45-,46-,47-,48-,49+,50-,52+,53-,54-,55-,76?/m1/s1. The van der Waals surface area contributed by atoms with E-state index in [9.17, 15) is 39.3 Å². The Morgan fingerprint density at radius 3 is 2.26 bits per heavy atom. The SMILES string of the molecule is CC[C@H]1OC(=O)[C@H](C)[C@@H](COC[C@H]2C[C@@](C)(OC)[C@@H](O)[C@H](C)O2)[C@H](C)[C@@H](O[C@@H]2O[C@H](C)C[C@H](N(C)CCc3cn([C@H](CF)[C@H](OC)c4ccc([S+]([O-])CC)cc4)nn3)[C@H]2O)[C@](C)(O)C[C@@H](C)CN(C)[C@H](C)[C@@H](O)[C@]1(C)O. The molecule has 5 rings (SSSR count). The van der Waals surface area contributed by atoms with Crippen LogP contribution in [-0.4, -0.2) is 212 Å². The van der Waals surface area contributed by atoms with Gasteiger partial charge in [-0.05, 0) is 123 Å². The summed E-state index contributed by atoms with van der Waals surface area (Å²) in [6, 6.07) is 5.24. The molecule has 1 unspecified atom stereocenters. The molecule has 436 valence electrons. The molecule has 19 nitrogen and oxygen atoms in total. The predicted octanol–water partition coefficient (Wildman–Crippen LogP) is 4.42. The average molecular weight is 1100 g/mol. The van der Waals surface area contributed by atoms with Gasteiger partial charge < -0.3 is 73.0 Å². The highest BCUT2D eigenvalue weighted by atomic mass is 32.2. The highest BCUT2D eigenvalue weighted by Gasteiger charge is 2.51. The van der Waals surface area contributed by atoms with Gasteiger partial charge in [0.25, 0.3) is 0 Å². The minimum Gasteiger partial charge on any atom is -0.611 e. The number of aromatic nitrogens is 3. The van der Waals surface area contributed by atoms with Crippen LogP contribution in [0, 0.1) is 23.7 Å². The lowest BCUT2D eigenvalue weighted by atomic mass is 9.73. The largest absolute Gasteiger partial charge is 0.611 e. The van der Waals surface area contributed by atoms with Crippen LogP contribution in [0.5, 0.6) is 0 Å². The van der Waals surface area contributed by atoms with Gasteiger partial charge in [0.05, 0.1) is 60.4 Å². The molecule has 5 N–H and O–H groups in total. The second-order valence-corrected chi connectivity index (χ2v) is 24.7. The summed E-state index contributed by atoms with van der Waals surface area (Å²) in [5.74, 6) is -2.61. The summed E-state index contributed by atoms with van der Waals surface area (Å²) in [5, 5.41) is 68.3. The second-order valence-electron chi connectivity index (χ2n) is 23.0. The number of aliphatic hydroxyl groups excluding tert-OH is 3. The first kappa shape index (κ1) is 64.4. The van der Waals surface area contributed by atoms with E-state index in [0.29, 0.717) is 54.3 Å². The number of esters is 1. The van der Waals surface area contributed by atoms with Gasteiger partial charge in [-0.3, -0.25) is 4.79 Å². The molecular formula is C55H94FN5O14S. The predicted molar refractivity (Wildman–Crippen MR) is 284 cm³/mol. The molecule has 3 aliphatic rings. The lowest BCUT2D eigenvalue weighted by Gasteiger charge is -2.47. The number of carbonyl (C=O) groups is 1. The number of hydrogen-bond donors (Lipinski definition) is 5. The Kier molecular flexibility index (Phi) is 23.6. The van der Waals surface area contributed by atoms with Crippen LogP contribution in [0.2, 0.25) is 0 Å². The number of alkyl halides is 1. The van der Waals surface area contributed by atoms with Crippen molar-refractivity contribution in [1.29, 1.82) is 0 Å². The van der Waals surface area contributed by atoms with Crippen LogP contribution in [0.25, 0.3) is 0 Å². The number of carbonyl (C=O) groups excluding carboxylic acids is 1. The number of rotatable bonds is 19. The van der Waals surface area contributed by atoms with E-state index in [-0.39, 0.29) is 32.0 Å². The zero-order valence-corrected chi connectivity index (χ0v) is 48.7. The Labute approximate surface area is 454 Å². The van der Waals surface area contributed by atoms with Crippen molar-refractivity contribution in [3.05, 3.63) is 41.7 Å². The third-order valence-electron chi connectivity index (χ3n) is 16.9. The number of halogens is 1. The molecule has 2 aromatic rings. The summed E-state index contributed by atoms with van der Waals surface area (Å²) in [4.78, 5) is 19.1. The zero-order chi connectivity index (χ0) is 56.6. The van der Waals surface area contributed by atoms with E-state index >= 15 is 0 Å². The highest BCUT2D eigenvalue weighted by molar-refractivity contribution is 7.91. The minimum absolute atomic E-state index is 0.0208. The molecule has 0 bridgehead atoms. The number of benzene rings is 1. The van der Waals surface area contributed by atoms with Crippen molar-refractivity contribution in [3.8, 4) is 0 Å². The van der Waals surface area contributed by atoms with Gasteiger partial charge in [0, 0.05) is 64.3 Å². The van der Waals surface area contributed by atoms with E-state index in [1.54, 1.807) is 72.2 Å². The summed E-state index contributed by atoms with van der Waals surface area (Å²) >= 11 is -1.13. The van der Waals surface area contributed by atoms with E-state index in [0.717, 1.165) is 0 Å². The van der Waals surface area contributed by atoms with Crippen LogP contribution in [-0.2, 0) is 55.5 Å². The Hall–Kier alpha value is -2.45. The summed E-state index contributed by atoms with van der Waals surface area (Å²) < 4.78 is 72.3. The molecule has 0 aliphatic carbocycles. The van der Waals surface area contributed by atoms with E-state index in [1.807, 2.05) is 58.5 Å². The normalized spacial score (nSPS) is 39.0. The molecule has 0 radical (unpaired) electrons. The topological polar surface area (TPSA) is 243 Å². The number of aliphatic hydroxyl groups is 5. The van der Waals surface area contributed by atoms with Gasteiger partial charge in [-0.1, -0.05) is 45.0 Å². The molecule has 1 aromatic heterocycles. The van der Waals surface area contributed by atoms with Crippen molar-refractivity contribution in [2.24, 2.45) is 23.7 Å². The van der Waals surface area contributed by atoms with Gasteiger partial charge in [-0.2, -0.15) is 0 Å². The molecule has 76 heavy (non-hydrogen) atoms. The van der Waals surface area contributed by atoms with Crippen molar-refractivity contribution in [2.45, 2.75) is 209 Å². The van der Waals surface area contributed by atoms with Gasteiger partial charge in [0.1, 0.15) is 54.6 Å². The van der Waals surface area contributed by atoms with E-state index in [4.69, 9.17) is 33.2 Å². The molecule has 3 aliphatic heterocycles. The van der Waals surface area contributed by atoms with Gasteiger partial charge >= 0.3 is 5.97 Å². The van der Waals surface area contributed by atoms with Gasteiger partial charge in [-0.25, -0.2) is 9.07 Å². The van der Waals surface area contributed by atoms with Crippen LogP contribution >= 0.6 is 0 Å². The van der Waals surface area contributed by atoms with Crippen LogP contribution in [0.1, 0.15) is 125 Å². The number of nitrogens with zero attached hydrogens (tertiary/aromatic N) is 5. The third-order valence-corrected chi connectivity index (χ3v) is 18.3. The first-order chi connectivity index (χ1) is 35.7. The molecule has 3 fully saturated rings. The second kappa shape index (κ2) is 27.8. The summed E-state index contributed by atoms with van der Waals surface area (Å²) in [6.07, 6.45) is -5.52. The number of methoxy groups -OCH3 is 2. The number of cyclic esters (lactones) is 1. The Morgan fingerprint density at radius 2 is 1.66 bits per heavy atom. The van der Waals surface area contributed by atoms with Crippen molar-refractivity contribution in [1.82, 2.24) is 24.8 Å². The summed E-state index contributed by atoms with van der Waals surface area (Å²) in [7, 11) is 6.78. The molecule has 21 heteroatoms. The van der Waals surface area contributed by atoms with E-state index in [2.05, 4.69) is 10.3 Å². The maximum atomic E-state index is 14.8. The number of hydrogen-bond acceptors (Lipinski definition) is 18. The Balaban J connectivity index is 1.41. The zero-order valence-electron chi connectivity index (χ0n) is 47.9. The van der Waals surface area contributed by atoms with Crippen molar-refractivity contribution >= 4 is 17.1 Å². The highest BCUT2D eigenvalue weighted by Crippen LogP contribution is 2.40. The fourth-order valence-corrected chi connectivity index (χ4v) is 12.8. The van der Waals surface area contributed by atoms with E-state index in [1.165, 1.54) is 18.7 Å². The minimum atomic E-state index is -1.82. The Morgan fingerprint density at radius 1 is 0.987 bits per heavy atom. The average Bonchev–Trinajstić information content (AvgIpc) is 3.86. The molecule has 0 amide bonds. The van der Waals surface area contributed by atoms with Gasteiger partial charge in [0.15, 0.2) is 11.2 Å². The van der Waals surface area contributed by atoms with E-state index < -0.39 is 138 Å². The van der Waals surface area contributed by atoms with Crippen molar-refractivity contribution < 1.29 is 72.4 Å². The molecule has 0 saturated carbocycles. The number of ether oxygens (including phenoxy) is 7. The molecular weight excluding hydrogens is 1010 g/mol. The lowest BCUT2D eigenvalue weighted by Crippen LogP contribution is -2.59. The summed E-state index contributed by atoms with van der Waals surface area (Å²) in [6.45, 7) is 19.8. The lowest BCUT2D eigenvalue weighted by molar-refractivity contribution is -0.299. The van der Waals surface area contributed by atoms with Crippen molar-refractivity contribution in [3.63, 3.8) is 0 Å². The third kappa shape index (κ3) is 15.3. The molecule has 4 heterocycles. The fraction of sp³-hybridized carbons (Fsp3) is 0.836. The van der Waals surface area contributed by atoms with Crippen LogP contribution in [0.15, 0.2) is 35.4 Å². The van der Waals surface area contributed by atoms with Gasteiger partial charge in [-0.15, -0.1) is 5.10 Å². The molecule has 1 aromatic carbocycles. The van der Waals surface area contributed by atoms with Crippen molar-refractivity contribution in [2.75, 3.05) is 67.0 Å². The monoisotopic (exact) mass is 1100 g/mol. The fourth-order valence-electron chi connectivity index (χ4n) is 12.0. The maximum Gasteiger partial charge on any atom is 0.309 e. The molecule has 21 atom stereocenters. The first-order valence-electron chi connectivity index (χ1n) is 27.3. The Bertz CT molecular complexity index is 2080. The van der Waals surface area contributed by atoms with Crippen LogP contribution in [0.4, 0.5) is 4.39 Å². The van der Waals surface area contributed by atoms with Crippen LogP contribution < -0.4 is 0 Å². The number of likely N-dealkylation sites (N-methyl/N-ethyl adjacent to an activating group) is 2. The van der Waals surface area contributed by atoms with Gasteiger partial charge in [0.2, 0.25) is 0 Å². The van der Waals surface area contributed by atoms with Crippen LogP contribution in [0.3, 0.4) is 0 Å². The smallest absolute Gasteiger partial charge is 0.309 e. The molecule has 3 saturated heterocycles. The first-order valence-corrected chi connectivity index (χ1v) is 28.7. The summed E-state index contributed by atoms with van der Waals surface area (Å²) in [5.41, 5.74) is -3.00.